The summed E-state index contributed by atoms with van der Waals surface area (Å²) in [6, 6.07) is 5.34. The van der Waals surface area contributed by atoms with Gasteiger partial charge in [-0.05, 0) is 31.0 Å². The van der Waals surface area contributed by atoms with E-state index in [1.54, 1.807) is 18.2 Å². The molecule has 2 fully saturated rings. The third-order valence-corrected chi connectivity index (χ3v) is 5.26. The van der Waals surface area contributed by atoms with Crippen LogP contribution < -0.4 is 5.32 Å². The number of fused-ring (bicyclic) bond motifs is 2. The van der Waals surface area contributed by atoms with Crippen LogP contribution in [0.4, 0.5) is 0 Å². The van der Waals surface area contributed by atoms with E-state index in [-0.39, 0.29) is 24.0 Å². The van der Waals surface area contributed by atoms with E-state index in [1.807, 2.05) is 4.90 Å². The number of benzene rings is 1. The Labute approximate surface area is 151 Å². The van der Waals surface area contributed by atoms with Gasteiger partial charge in [0.25, 0.3) is 5.91 Å². The van der Waals surface area contributed by atoms with Gasteiger partial charge in [0.05, 0.1) is 18.8 Å². The van der Waals surface area contributed by atoms with E-state index < -0.39 is 0 Å². The predicted molar refractivity (Wildman–Crippen MR) is 94.5 cm³/mol. The summed E-state index contributed by atoms with van der Waals surface area (Å²) in [6.07, 6.45) is 4.87. The van der Waals surface area contributed by atoms with E-state index in [2.05, 4.69) is 20.7 Å². The first kappa shape index (κ1) is 17.0. The van der Waals surface area contributed by atoms with Crippen molar-refractivity contribution in [1.82, 2.24) is 25.6 Å². The van der Waals surface area contributed by atoms with E-state index in [0.717, 1.165) is 19.3 Å². The lowest BCUT2D eigenvalue weighted by Gasteiger charge is -2.43. The van der Waals surface area contributed by atoms with Crippen molar-refractivity contribution < 1.29 is 14.3 Å². The number of rotatable bonds is 4. The van der Waals surface area contributed by atoms with Gasteiger partial charge in [0, 0.05) is 25.1 Å². The Morgan fingerprint density at radius 3 is 3.00 bits per heavy atom. The average molecular weight is 357 g/mol. The molecule has 1 aromatic carbocycles. The van der Waals surface area contributed by atoms with Crippen molar-refractivity contribution in [2.45, 2.75) is 44.2 Å². The number of ether oxygens (including phenoxy) is 1. The Bertz CT molecular complexity index is 803. The molecular weight excluding hydrogens is 334 g/mol. The summed E-state index contributed by atoms with van der Waals surface area (Å²) in [5.74, 6) is -0.113. The quantitative estimate of drug-likeness (QED) is 0.858. The SMILES string of the molecule is O=C(NCCC(=O)N1CCO[C@H]2CCCC[C@@H]21)c1ccc2n[nH]nc2c1. The maximum Gasteiger partial charge on any atom is 0.251 e. The second kappa shape index (κ2) is 7.41. The Morgan fingerprint density at radius 1 is 1.23 bits per heavy atom. The number of nitrogens with zero attached hydrogens (tertiary/aromatic N) is 3. The van der Waals surface area contributed by atoms with Crippen molar-refractivity contribution >= 4 is 22.8 Å². The highest BCUT2D eigenvalue weighted by Gasteiger charge is 2.36. The molecule has 1 aromatic heterocycles. The molecule has 1 saturated carbocycles. The summed E-state index contributed by atoms with van der Waals surface area (Å²) >= 11 is 0. The minimum atomic E-state index is -0.208. The lowest BCUT2D eigenvalue weighted by atomic mass is 9.90. The van der Waals surface area contributed by atoms with Crippen LogP contribution in [0.1, 0.15) is 42.5 Å². The Hall–Kier alpha value is -2.48. The van der Waals surface area contributed by atoms with E-state index in [0.29, 0.717) is 42.7 Å². The van der Waals surface area contributed by atoms with Crippen LogP contribution in [0.5, 0.6) is 0 Å². The number of nitrogens with one attached hydrogen (secondary N) is 2. The third kappa shape index (κ3) is 3.41. The van der Waals surface area contributed by atoms with Crippen LogP contribution in [-0.4, -0.2) is 64.0 Å². The first-order chi connectivity index (χ1) is 12.7. The van der Waals surface area contributed by atoms with E-state index in [1.165, 1.54) is 6.42 Å². The minimum absolute atomic E-state index is 0.0949. The topological polar surface area (TPSA) is 100 Å². The molecule has 138 valence electrons. The van der Waals surface area contributed by atoms with Gasteiger partial charge in [-0.15, -0.1) is 0 Å². The van der Waals surface area contributed by atoms with Crippen LogP contribution in [0.25, 0.3) is 11.0 Å². The number of aromatic nitrogens is 3. The molecule has 0 spiro atoms. The van der Waals surface area contributed by atoms with Crippen LogP contribution in [0.3, 0.4) is 0 Å². The summed E-state index contributed by atoms with van der Waals surface area (Å²) in [4.78, 5) is 26.8. The zero-order chi connectivity index (χ0) is 17.9. The van der Waals surface area contributed by atoms with Gasteiger partial charge in [-0.25, -0.2) is 0 Å². The van der Waals surface area contributed by atoms with Crippen LogP contribution in [0.15, 0.2) is 18.2 Å². The lowest BCUT2D eigenvalue weighted by molar-refractivity contribution is -0.149. The molecule has 2 N–H and O–H groups in total. The summed E-state index contributed by atoms with van der Waals surface area (Å²) < 4.78 is 5.81. The smallest absolute Gasteiger partial charge is 0.251 e. The molecule has 2 atom stereocenters. The molecule has 0 unspecified atom stereocenters. The monoisotopic (exact) mass is 357 g/mol. The van der Waals surface area contributed by atoms with E-state index in [4.69, 9.17) is 4.74 Å². The molecule has 8 nitrogen and oxygen atoms in total. The highest BCUT2D eigenvalue weighted by molar-refractivity contribution is 5.97. The number of H-pyrrole nitrogens is 1. The van der Waals surface area contributed by atoms with Crippen LogP contribution in [-0.2, 0) is 9.53 Å². The molecule has 0 bridgehead atoms. The number of hydrogen-bond acceptors (Lipinski definition) is 5. The van der Waals surface area contributed by atoms with Gasteiger partial charge in [0.1, 0.15) is 11.0 Å². The Balaban J connectivity index is 1.30. The zero-order valence-electron chi connectivity index (χ0n) is 14.6. The molecule has 2 aliphatic rings. The Kier molecular flexibility index (Phi) is 4.83. The standard InChI is InChI=1S/C18H23N5O3/c24-17(23-9-10-26-16-4-2-1-3-15(16)23)7-8-19-18(25)12-5-6-13-14(11-12)21-22-20-13/h5-6,11,15-16H,1-4,7-10H2,(H,19,25)(H,20,21,22)/t15-,16-/m0/s1. The molecule has 26 heavy (non-hydrogen) atoms. The number of aromatic amines is 1. The average Bonchev–Trinajstić information content (AvgIpc) is 3.15. The number of amides is 2. The van der Waals surface area contributed by atoms with Gasteiger partial charge in [0.2, 0.25) is 5.91 Å². The van der Waals surface area contributed by atoms with Gasteiger partial charge >= 0.3 is 0 Å². The van der Waals surface area contributed by atoms with Crippen molar-refractivity contribution in [3.05, 3.63) is 23.8 Å². The fourth-order valence-corrected chi connectivity index (χ4v) is 3.92. The first-order valence-electron chi connectivity index (χ1n) is 9.22. The molecule has 1 aliphatic carbocycles. The van der Waals surface area contributed by atoms with E-state index >= 15 is 0 Å². The number of carbonyl (C=O) groups excluding carboxylic acids is 2. The fraction of sp³-hybridized carbons (Fsp3) is 0.556. The molecule has 2 aromatic rings. The molecule has 0 radical (unpaired) electrons. The zero-order valence-corrected chi connectivity index (χ0v) is 14.6. The predicted octanol–water partition coefficient (Wildman–Crippen LogP) is 1.25. The van der Waals surface area contributed by atoms with E-state index in [9.17, 15) is 9.59 Å². The second-order valence-electron chi connectivity index (χ2n) is 6.88. The van der Waals surface area contributed by atoms with Crippen molar-refractivity contribution in [2.24, 2.45) is 0 Å². The largest absolute Gasteiger partial charge is 0.374 e. The van der Waals surface area contributed by atoms with Crippen molar-refractivity contribution in [3.8, 4) is 0 Å². The summed E-state index contributed by atoms with van der Waals surface area (Å²) in [5.41, 5.74) is 1.87. The number of hydrogen-bond donors (Lipinski definition) is 2. The second-order valence-corrected chi connectivity index (χ2v) is 6.88. The van der Waals surface area contributed by atoms with Gasteiger partial charge in [-0.2, -0.15) is 15.4 Å². The molecule has 4 rings (SSSR count). The molecule has 1 aliphatic heterocycles. The van der Waals surface area contributed by atoms with Gasteiger partial charge in [0.15, 0.2) is 0 Å². The van der Waals surface area contributed by atoms with Crippen LogP contribution in [0, 0.1) is 0 Å². The highest BCUT2D eigenvalue weighted by atomic mass is 16.5. The minimum Gasteiger partial charge on any atom is -0.374 e. The van der Waals surface area contributed by atoms with Gasteiger partial charge in [-0.3, -0.25) is 9.59 Å². The number of carbonyl (C=O) groups is 2. The molecule has 2 heterocycles. The summed E-state index contributed by atoms with van der Waals surface area (Å²) in [6.45, 7) is 1.58. The van der Waals surface area contributed by atoms with Crippen LogP contribution >= 0.6 is 0 Å². The van der Waals surface area contributed by atoms with Gasteiger partial charge in [-0.1, -0.05) is 12.8 Å². The molecule has 8 heteroatoms. The van der Waals surface area contributed by atoms with Crippen molar-refractivity contribution in [2.75, 3.05) is 19.7 Å². The summed E-state index contributed by atoms with van der Waals surface area (Å²) in [7, 11) is 0. The van der Waals surface area contributed by atoms with Crippen molar-refractivity contribution in [1.29, 1.82) is 0 Å². The third-order valence-electron chi connectivity index (χ3n) is 5.26. The van der Waals surface area contributed by atoms with Gasteiger partial charge < -0.3 is 15.0 Å². The number of morpholine rings is 1. The molecular formula is C18H23N5O3. The first-order valence-corrected chi connectivity index (χ1v) is 9.22. The fourth-order valence-electron chi connectivity index (χ4n) is 3.92. The maximum atomic E-state index is 12.6. The van der Waals surface area contributed by atoms with Crippen LogP contribution in [0.2, 0.25) is 0 Å². The maximum absolute atomic E-state index is 12.6. The summed E-state index contributed by atoms with van der Waals surface area (Å²) in [5, 5.41) is 13.3. The normalized spacial score (nSPS) is 22.8. The van der Waals surface area contributed by atoms with Crippen molar-refractivity contribution in [3.63, 3.8) is 0 Å². The lowest BCUT2D eigenvalue weighted by Crippen LogP contribution is -2.55. The molecule has 2 amide bonds. The molecule has 1 saturated heterocycles. The highest BCUT2D eigenvalue weighted by Crippen LogP contribution is 2.28. The Morgan fingerprint density at radius 2 is 2.08 bits per heavy atom.